The lowest BCUT2D eigenvalue weighted by Gasteiger charge is -2.30. The summed E-state index contributed by atoms with van der Waals surface area (Å²) in [7, 11) is 0. The molecule has 0 saturated heterocycles. The molecule has 0 unspecified atom stereocenters. The lowest BCUT2D eigenvalue weighted by molar-refractivity contribution is -0.253. The molecule has 28 heavy (non-hydrogen) atoms. The second-order valence-electron chi connectivity index (χ2n) is 8.13. The molecule has 1 aromatic carbocycles. The van der Waals surface area contributed by atoms with Crippen molar-refractivity contribution in [2.75, 3.05) is 0 Å². The first-order chi connectivity index (χ1) is 13.4. The molecule has 0 atom stereocenters. The Morgan fingerprint density at radius 2 is 1.54 bits per heavy atom. The number of rotatable bonds is 12. The lowest BCUT2D eigenvalue weighted by atomic mass is 9.77. The predicted octanol–water partition coefficient (Wildman–Crippen LogP) is 8.34. The van der Waals surface area contributed by atoms with Crippen LogP contribution in [0.2, 0.25) is 0 Å². The Balaban J connectivity index is 1.77. The van der Waals surface area contributed by atoms with E-state index in [1.807, 2.05) is 0 Å². The van der Waals surface area contributed by atoms with Gasteiger partial charge in [-0.2, -0.15) is 17.6 Å². The van der Waals surface area contributed by atoms with Crippen molar-refractivity contribution in [3.63, 3.8) is 0 Å². The van der Waals surface area contributed by atoms with Gasteiger partial charge >= 0.3 is 12.5 Å². The minimum Gasteiger partial charge on any atom is -0.428 e. The summed E-state index contributed by atoms with van der Waals surface area (Å²) >= 11 is 0. The Morgan fingerprint density at radius 1 is 0.929 bits per heavy atom. The molecular weight excluding hydrogens is 368 g/mol. The molecule has 2 rings (SSSR count). The van der Waals surface area contributed by atoms with Crippen LogP contribution in [0.1, 0.15) is 95.5 Å². The van der Waals surface area contributed by atoms with Crippen LogP contribution in [-0.2, 0) is 0 Å². The van der Waals surface area contributed by atoms with Gasteiger partial charge < -0.3 is 4.74 Å². The lowest BCUT2D eigenvalue weighted by Crippen LogP contribution is -2.34. The van der Waals surface area contributed by atoms with E-state index in [2.05, 4.69) is 11.7 Å². The predicted molar refractivity (Wildman–Crippen MR) is 105 cm³/mol. The van der Waals surface area contributed by atoms with E-state index in [9.17, 15) is 17.6 Å². The minimum atomic E-state index is -4.45. The van der Waals surface area contributed by atoms with Gasteiger partial charge in [0.25, 0.3) is 0 Å². The molecule has 1 fully saturated rings. The number of ether oxygens (including phenoxy) is 1. The Morgan fingerprint density at radius 3 is 2.18 bits per heavy atom. The van der Waals surface area contributed by atoms with Crippen LogP contribution in [0, 0.1) is 5.92 Å². The highest BCUT2D eigenvalue weighted by Crippen LogP contribution is 2.42. The molecule has 0 aromatic heterocycles. The average molecular weight is 403 g/mol. The first-order valence-corrected chi connectivity index (χ1v) is 10.9. The van der Waals surface area contributed by atoms with Crippen molar-refractivity contribution < 1.29 is 22.3 Å². The van der Waals surface area contributed by atoms with Gasteiger partial charge in [0.15, 0.2) is 0 Å². The average Bonchev–Trinajstić information content (AvgIpc) is 2.68. The summed E-state index contributed by atoms with van der Waals surface area (Å²) in [6.45, 7) is 2.23. The summed E-state index contributed by atoms with van der Waals surface area (Å²) < 4.78 is 56.1. The fraction of sp³-hybridized carbons (Fsp3) is 0.739. The number of hydrogen-bond donors (Lipinski definition) is 0. The smallest absolute Gasteiger partial charge is 0.428 e. The Labute approximate surface area is 166 Å². The third kappa shape index (κ3) is 7.29. The van der Waals surface area contributed by atoms with E-state index in [4.69, 9.17) is 0 Å². The molecule has 0 N–H and O–H groups in total. The van der Waals surface area contributed by atoms with Crippen LogP contribution < -0.4 is 4.74 Å². The number of unbranched alkanes of at least 4 members (excludes halogenated alkanes) is 6. The van der Waals surface area contributed by atoms with Crippen molar-refractivity contribution in [1.29, 1.82) is 0 Å². The van der Waals surface area contributed by atoms with Crippen molar-refractivity contribution in [1.82, 2.24) is 0 Å². The van der Waals surface area contributed by atoms with Crippen LogP contribution in [0.3, 0.4) is 0 Å². The molecule has 0 heterocycles. The molecule has 1 aromatic rings. The van der Waals surface area contributed by atoms with Crippen LogP contribution in [-0.4, -0.2) is 12.5 Å². The van der Waals surface area contributed by atoms with Gasteiger partial charge in [0.1, 0.15) is 5.75 Å². The van der Waals surface area contributed by atoms with Gasteiger partial charge in [-0.15, -0.1) is 0 Å². The first kappa shape index (κ1) is 23.0. The maximum absolute atomic E-state index is 13.3. The third-order valence-electron chi connectivity index (χ3n) is 5.92. The fourth-order valence-corrected chi connectivity index (χ4v) is 4.25. The summed E-state index contributed by atoms with van der Waals surface area (Å²) in [6, 6.07) is 6.41. The van der Waals surface area contributed by atoms with Gasteiger partial charge in [0.05, 0.1) is 0 Å². The van der Waals surface area contributed by atoms with Gasteiger partial charge in [-0.25, -0.2) is 0 Å². The second-order valence-corrected chi connectivity index (χ2v) is 8.13. The highest BCUT2D eigenvalue weighted by atomic mass is 19.3. The largest absolute Gasteiger partial charge is 0.461 e. The zero-order valence-electron chi connectivity index (χ0n) is 16.9. The van der Waals surface area contributed by atoms with Crippen LogP contribution >= 0.6 is 0 Å². The monoisotopic (exact) mass is 402 g/mol. The van der Waals surface area contributed by atoms with Gasteiger partial charge in [0, 0.05) is 0 Å². The maximum Gasteiger partial charge on any atom is 0.461 e. The molecule has 0 spiro atoms. The van der Waals surface area contributed by atoms with Gasteiger partial charge in [0.2, 0.25) is 0 Å². The van der Waals surface area contributed by atoms with E-state index in [0.717, 1.165) is 25.7 Å². The van der Waals surface area contributed by atoms with E-state index >= 15 is 0 Å². The number of hydrogen-bond acceptors (Lipinski definition) is 1. The standard InChI is InChI=1S/C23H34F4O/c1-2-3-4-5-6-7-8-11-18-14-16-19(17-15-18)20-12-9-10-13-21(20)28-23(26,27)22(24)25/h9-10,12-13,18-19,22H,2-8,11,14-17H2,1H3. The van der Waals surface area contributed by atoms with E-state index in [-0.39, 0.29) is 11.7 Å². The molecular formula is C23H34F4O. The maximum atomic E-state index is 13.3. The van der Waals surface area contributed by atoms with Crippen molar-refractivity contribution >= 4 is 0 Å². The SMILES string of the molecule is CCCCCCCCCC1CCC(c2ccccc2OC(F)(F)C(F)F)CC1. The Bertz CT molecular complexity index is 553. The van der Waals surface area contributed by atoms with Crippen LogP contribution in [0.4, 0.5) is 17.6 Å². The van der Waals surface area contributed by atoms with Crippen molar-refractivity contribution in [2.24, 2.45) is 5.92 Å². The molecule has 5 heteroatoms. The van der Waals surface area contributed by atoms with Crippen LogP contribution in [0.25, 0.3) is 0 Å². The van der Waals surface area contributed by atoms with E-state index in [0.29, 0.717) is 11.5 Å². The summed E-state index contributed by atoms with van der Waals surface area (Å²) in [5, 5.41) is 0. The van der Waals surface area contributed by atoms with Crippen LogP contribution in [0.5, 0.6) is 5.75 Å². The van der Waals surface area contributed by atoms with Crippen molar-refractivity contribution in [3.8, 4) is 5.75 Å². The van der Waals surface area contributed by atoms with Crippen molar-refractivity contribution in [2.45, 2.75) is 102 Å². The molecule has 1 aliphatic carbocycles. The molecule has 160 valence electrons. The van der Waals surface area contributed by atoms with E-state index < -0.39 is 12.5 Å². The van der Waals surface area contributed by atoms with Crippen molar-refractivity contribution in [3.05, 3.63) is 29.8 Å². The molecule has 1 nitrogen and oxygen atoms in total. The highest BCUT2D eigenvalue weighted by Gasteiger charge is 2.44. The summed E-state index contributed by atoms with van der Waals surface area (Å²) in [5.41, 5.74) is 0.636. The van der Waals surface area contributed by atoms with Gasteiger partial charge in [-0.05, 0) is 49.1 Å². The molecule has 0 aliphatic heterocycles. The summed E-state index contributed by atoms with van der Waals surface area (Å²) in [5.74, 6) is 0.695. The zero-order valence-corrected chi connectivity index (χ0v) is 16.9. The minimum absolute atomic E-state index is 0.106. The third-order valence-corrected chi connectivity index (χ3v) is 5.92. The normalized spacial score (nSPS) is 20.5. The summed E-state index contributed by atoms with van der Waals surface area (Å²) in [4.78, 5) is 0. The quantitative estimate of drug-likeness (QED) is 0.252. The molecule has 0 amide bonds. The first-order valence-electron chi connectivity index (χ1n) is 10.9. The number of para-hydroxylation sites is 1. The second kappa shape index (κ2) is 11.7. The Hall–Kier alpha value is -1.26. The molecule has 0 bridgehead atoms. The summed E-state index contributed by atoms with van der Waals surface area (Å²) in [6.07, 6.45) is 6.06. The molecule has 1 aliphatic rings. The van der Waals surface area contributed by atoms with Gasteiger partial charge in [-0.1, -0.05) is 76.5 Å². The number of alkyl halides is 4. The fourth-order valence-electron chi connectivity index (χ4n) is 4.25. The zero-order chi connectivity index (χ0) is 20.4. The van der Waals surface area contributed by atoms with E-state index in [1.54, 1.807) is 18.2 Å². The van der Waals surface area contributed by atoms with Crippen LogP contribution in [0.15, 0.2) is 24.3 Å². The Kier molecular flexibility index (Phi) is 9.60. The number of halogens is 4. The van der Waals surface area contributed by atoms with Gasteiger partial charge in [-0.3, -0.25) is 0 Å². The topological polar surface area (TPSA) is 9.23 Å². The highest BCUT2D eigenvalue weighted by molar-refractivity contribution is 5.36. The molecule has 1 saturated carbocycles. The molecule has 0 radical (unpaired) electrons. The van der Waals surface area contributed by atoms with E-state index in [1.165, 1.54) is 57.4 Å². The number of benzene rings is 1.